The van der Waals surface area contributed by atoms with E-state index in [9.17, 15) is 0 Å². The van der Waals surface area contributed by atoms with Gasteiger partial charge in [0.05, 0.1) is 0 Å². The van der Waals surface area contributed by atoms with E-state index in [1.807, 2.05) is 0 Å². The third-order valence-corrected chi connectivity index (χ3v) is 3.20. The summed E-state index contributed by atoms with van der Waals surface area (Å²) in [7, 11) is 0. The molecule has 1 aromatic carbocycles. The fourth-order valence-electron chi connectivity index (χ4n) is 1.82. The van der Waals surface area contributed by atoms with Gasteiger partial charge in [0.15, 0.2) is 0 Å². The van der Waals surface area contributed by atoms with Crippen LogP contribution in [0.4, 0.5) is 0 Å². The van der Waals surface area contributed by atoms with E-state index in [-0.39, 0.29) is 0 Å². The van der Waals surface area contributed by atoms with E-state index in [2.05, 4.69) is 53.6 Å². The number of hydrogen-bond acceptors (Lipinski definition) is 1. The summed E-state index contributed by atoms with van der Waals surface area (Å²) in [6, 6.07) is 10.7. The van der Waals surface area contributed by atoms with Crippen molar-refractivity contribution in [3.8, 4) is 0 Å². The molecule has 1 aliphatic rings. The molecule has 14 heavy (non-hydrogen) atoms. The number of benzene rings is 1. The Kier molecular flexibility index (Phi) is 1.78. The predicted molar refractivity (Wildman–Crippen MR) is 61.2 cm³/mol. The highest BCUT2D eigenvalue weighted by Crippen LogP contribution is 2.34. The molecule has 67 valence electrons. The van der Waals surface area contributed by atoms with E-state index in [1.165, 1.54) is 22.3 Å². The molecule has 0 N–H and O–H groups in total. The average molecular weight is 197 g/mol. The summed E-state index contributed by atoms with van der Waals surface area (Å²) in [5, 5.41) is 4.32. The van der Waals surface area contributed by atoms with Crippen LogP contribution < -0.4 is 0 Å². The van der Waals surface area contributed by atoms with Crippen LogP contribution in [0.2, 0.25) is 0 Å². The molecule has 1 heteroatoms. The minimum atomic E-state index is 1.33. The van der Waals surface area contributed by atoms with Crippen molar-refractivity contribution >= 4 is 16.9 Å². The number of allylic oxidation sites excluding steroid dienone is 1. The van der Waals surface area contributed by atoms with Crippen molar-refractivity contribution in [3.63, 3.8) is 0 Å². The van der Waals surface area contributed by atoms with E-state index in [4.69, 9.17) is 0 Å². The van der Waals surface area contributed by atoms with Gasteiger partial charge in [-0.05, 0) is 39.1 Å². The zero-order chi connectivity index (χ0) is 9.38. The monoisotopic (exact) mass is 197 g/mol. The number of hydrogen-bond donors (Lipinski definition) is 0. The topological polar surface area (TPSA) is 0 Å². The van der Waals surface area contributed by atoms with Gasteiger partial charge in [-0.2, -0.15) is 11.3 Å². The molecule has 1 aliphatic carbocycles. The number of thiophene rings is 1. The van der Waals surface area contributed by atoms with Gasteiger partial charge >= 0.3 is 0 Å². The highest BCUT2D eigenvalue weighted by Gasteiger charge is 2.14. The van der Waals surface area contributed by atoms with Crippen molar-refractivity contribution in [2.24, 2.45) is 0 Å². The molecule has 3 rings (SSSR count). The van der Waals surface area contributed by atoms with Crippen LogP contribution in [0.25, 0.3) is 5.57 Å². The maximum absolute atomic E-state index is 2.20. The molecule has 0 bridgehead atoms. The molecule has 0 saturated carbocycles. The Morgan fingerprint density at radius 3 is 2.79 bits per heavy atom. The van der Waals surface area contributed by atoms with E-state index in [1.54, 1.807) is 11.3 Å². The van der Waals surface area contributed by atoms with Crippen LogP contribution >= 0.6 is 11.3 Å². The van der Waals surface area contributed by atoms with Crippen LogP contribution in [0.5, 0.6) is 0 Å². The summed E-state index contributed by atoms with van der Waals surface area (Å²) < 4.78 is 0. The van der Waals surface area contributed by atoms with E-state index < -0.39 is 0 Å². The average Bonchev–Trinajstić information content (AvgIpc) is 2.85. The van der Waals surface area contributed by atoms with Crippen LogP contribution in [-0.2, 0) is 0 Å². The lowest BCUT2D eigenvalue weighted by atomic mass is 10.0. The standard InChI is InChI=1S/C13H9S/c1-2-4-12-10(3-1)5-6-13(12)11-7-8-14-9-11/h1-9H. The molecule has 0 spiro atoms. The van der Waals surface area contributed by atoms with Gasteiger partial charge in [0, 0.05) is 6.42 Å². The van der Waals surface area contributed by atoms with Crippen LogP contribution in [0.15, 0.2) is 47.2 Å². The second kappa shape index (κ2) is 3.10. The second-order valence-corrected chi connectivity index (χ2v) is 4.13. The summed E-state index contributed by atoms with van der Waals surface area (Å²) in [5.41, 5.74) is 5.36. The summed E-state index contributed by atoms with van der Waals surface area (Å²) >= 11 is 1.75. The van der Waals surface area contributed by atoms with Gasteiger partial charge in [-0.15, -0.1) is 0 Å². The van der Waals surface area contributed by atoms with Crippen molar-refractivity contribution in [1.29, 1.82) is 0 Å². The molecule has 0 atom stereocenters. The second-order valence-electron chi connectivity index (χ2n) is 3.35. The highest BCUT2D eigenvalue weighted by molar-refractivity contribution is 7.08. The lowest BCUT2D eigenvalue weighted by Gasteiger charge is -2.02. The van der Waals surface area contributed by atoms with Crippen molar-refractivity contribution in [1.82, 2.24) is 0 Å². The highest BCUT2D eigenvalue weighted by atomic mass is 32.1. The summed E-state index contributed by atoms with van der Waals surface area (Å²) in [6.07, 6.45) is 4.38. The van der Waals surface area contributed by atoms with Crippen LogP contribution in [0.1, 0.15) is 16.7 Å². The first-order valence-electron chi connectivity index (χ1n) is 4.62. The van der Waals surface area contributed by atoms with Gasteiger partial charge in [-0.1, -0.05) is 30.3 Å². The zero-order valence-corrected chi connectivity index (χ0v) is 8.42. The van der Waals surface area contributed by atoms with Crippen molar-refractivity contribution < 1.29 is 0 Å². The maximum atomic E-state index is 2.20. The lowest BCUT2D eigenvalue weighted by Crippen LogP contribution is -1.83. The molecule has 0 unspecified atom stereocenters. The molecule has 0 saturated heterocycles. The number of fused-ring (bicyclic) bond motifs is 1. The SMILES string of the molecule is [CH]1C=C(c2ccsc2)c2ccccc21. The normalized spacial score (nSPS) is 13.9. The lowest BCUT2D eigenvalue weighted by molar-refractivity contribution is 1.53. The van der Waals surface area contributed by atoms with Crippen molar-refractivity contribution in [2.45, 2.75) is 0 Å². The molecule has 0 fully saturated rings. The van der Waals surface area contributed by atoms with Gasteiger partial charge in [-0.25, -0.2) is 0 Å². The molecular weight excluding hydrogens is 188 g/mol. The summed E-state index contributed by atoms with van der Waals surface area (Å²) in [6.45, 7) is 0. The summed E-state index contributed by atoms with van der Waals surface area (Å²) in [5.74, 6) is 0. The van der Waals surface area contributed by atoms with Crippen molar-refractivity contribution in [2.75, 3.05) is 0 Å². The van der Waals surface area contributed by atoms with Crippen molar-refractivity contribution in [3.05, 3.63) is 70.3 Å². The Morgan fingerprint density at radius 1 is 1.00 bits per heavy atom. The van der Waals surface area contributed by atoms with Crippen LogP contribution in [-0.4, -0.2) is 0 Å². The third kappa shape index (κ3) is 1.13. The molecule has 2 aromatic rings. The predicted octanol–water partition coefficient (Wildman–Crippen LogP) is 3.75. The maximum Gasteiger partial charge on any atom is 0.0138 e. The van der Waals surface area contributed by atoms with Gasteiger partial charge < -0.3 is 0 Å². The first kappa shape index (κ1) is 8.01. The van der Waals surface area contributed by atoms with E-state index in [0.717, 1.165) is 0 Å². The van der Waals surface area contributed by atoms with Crippen LogP contribution in [0, 0.1) is 6.42 Å². The van der Waals surface area contributed by atoms with E-state index in [0.29, 0.717) is 0 Å². The molecule has 1 radical (unpaired) electrons. The van der Waals surface area contributed by atoms with Gasteiger partial charge in [-0.3, -0.25) is 0 Å². The Bertz CT molecular complexity index is 478. The zero-order valence-electron chi connectivity index (χ0n) is 7.60. The fraction of sp³-hybridized carbons (Fsp3) is 0. The van der Waals surface area contributed by atoms with Crippen LogP contribution in [0.3, 0.4) is 0 Å². The molecule has 0 aliphatic heterocycles. The minimum Gasteiger partial charge on any atom is -0.152 e. The molecule has 1 heterocycles. The molecule has 0 nitrogen and oxygen atoms in total. The molecular formula is C13H9S. The van der Waals surface area contributed by atoms with Gasteiger partial charge in [0.25, 0.3) is 0 Å². The van der Waals surface area contributed by atoms with Gasteiger partial charge in [0.2, 0.25) is 0 Å². The molecule has 1 aromatic heterocycles. The fourth-order valence-corrected chi connectivity index (χ4v) is 2.48. The quantitative estimate of drug-likeness (QED) is 0.653. The Balaban J connectivity index is 2.14. The number of rotatable bonds is 1. The first-order chi connectivity index (χ1) is 6.95. The largest absolute Gasteiger partial charge is 0.152 e. The Hall–Kier alpha value is -1.34. The Labute approximate surface area is 87.5 Å². The minimum absolute atomic E-state index is 1.33. The Morgan fingerprint density at radius 2 is 1.93 bits per heavy atom. The van der Waals surface area contributed by atoms with E-state index >= 15 is 0 Å². The first-order valence-corrected chi connectivity index (χ1v) is 5.56. The molecule has 0 amide bonds. The summed E-state index contributed by atoms with van der Waals surface area (Å²) in [4.78, 5) is 0. The third-order valence-electron chi connectivity index (χ3n) is 2.51. The smallest absolute Gasteiger partial charge is 0.0138 e. The van der Waals surface area contributed by atoms with Gasteiger partial charge in [0.1, 0.15) is 0 Å².